The molecular formula is C26H31F3N10O2. The van der Waals surface area contributed by atoms with Gasteiger partial charge in [-0.2, -0.15) is 13.2 Å². The maximum absolute atomic E-state index is 13.5. The van der Waals surface area contributed by atoms with Crippen LogP contribution in [0.15, 0.2) is 30.9 Å². The summed E-state index contributed by atoms with van der Waals surface area (Å²) in [5.74, 6) is 0.0940. The number of alkyl halides is 3. The third kappa shape index (κ3) is 6.25. The van der Waals surface area contributed by atoms with E-state index in [1.807, 2.05) is 18.9 Å². The average Bonchev–Trinajstić information content (AvgIpc) is 3.51. The van der Waals surface area contributed by atoms with Gasteiger partial charge in [-0.15, -0.1) is 5.10 Å². The molecular weight excluding hydrogens is 541 g/mol. The van der Waals surface area contributed by atoms with Gasteiger partial charge in [-0.05, 0) is 25.6 Å². The molecule has 0 bridgehead atoms. The van der Waals surface area contributed by atoms with Crippen molar-refractivity contribution in [3.8, 4) is 17.1 Å². The van der Waals surface area contributed by atoms with Gasteiger partial charge in [0.2, 0.25) is 11.9 Å². The molecule has 1 fully saturated rings. The number of aryl methyl sites for hydroxylation is 2. The number of amides is 1. The number of ether oxygens (including phenoxy) is 1. The molecule has 1 aliphatic heterocycles. The van der Waals surface area contributed by atoms with Gasteiger partial charge in [-0.25, -0.2) is 15.0 Å². The van der Waals surface area contributed by atoms with Crippen LogP contribution in [-0.4, -0.2) is 98.0 Å². The minimum Gasteiger partial charge on any atom is -0.478 e. The van der Waals surface area contributed by atoms with E-state index in [-0.39, 0.29) is 5.82 Å². The van der Waals surface area contributed by atoms with Crippen LogP contribution in [-0.2, 0) is 11.8 Å². The van der Waals surface area contributed by atoms with E-state index in [1.54, 1.807) is 41.3 Å². The number of nitrogens with zero attached hydrogens (tertiary/aromatic N) is 7. The number of piperazine rings is 1. The highest BCUT2D eigenvalue weighted by atomic mass is 19.4. The first-order valence-electron chi connectivity index (χ1n) is 13.0. The number of carbonyl (C=O) groups is 1. The quantitative estimate of drug-likeness (QED) is 0.291. The minimum atomic E-state index is -4.50. The Morgan fingerprint density at radius 1 is 1.20 bits per heavy atom. The molecule has 0 aliphatic carbocycles. The zero-order valence-corrected chi connectivity index (χ0v) is 23.1. The number of carbonyl (C=O) groups excluding carboxylic acids is 1. The second-order valence-corrected chi connectivity index (χ2v) is 10.0. The molecule has 0 radical (unpaired) electrons. The number of hydrogen-bond acceptors (Lipinski definition) is 9. The molecule has 15 heteroatoms. The summed E-state index contributed by atoms with van der Waals surface area (Å²) in [7, 11) is 5.18. The molecule has 1 saturated heterocycles. The molecule has 1 unspecified atom stereocenters. The van der Waals surface area contributed by atoms with Crippen molar-refractivity contribution in [3.63, 3.8) is 0 Å². The summed E-state index contributed by atoms with van der Waals surface area (Å²) >= 11 is 0. The Kier molecular flexibility index (Phi) is 7.82. The highest BCUT2D eigenvalue weighted by Gasteiger charge is 2.39. The van der Waals surface area contributed by atoms with Crippen molar-refractivity contribution in [2.45, 2.75) is 25.6 Å². The summed E-state index contributed by atoms with van der Waals surface area (Å²) in [6.07, 6.45) is 0.891. The van der Waals surface area contributed by atoms with E-state index in [4.69, 9.17) is 9.72 Å². The Labute approximate surface area is 233 Å². The summed E-state index contributed by atoms with van der Waals surface area (Å²) in [4.78, 5) is 33.3. The largest absolute Gasteiger partial charge is 0.478 e. The molecule has 12 nitrogen and oxygen atoms in total. The molecule has 1 aliphatic rings. The summed E-state index contributed by atoms with van der Waals surface area (Å²) < 4.78 is 47.3. The fraction of sp³-hybridized carbons (Fsp3) is 0.423. The maximum Gasteiger partial charge on any atom is 0.391 e. The zero-order chi connectivity index (χ0) is 29.3. The molecule has 0 aromatic carbocycles. The van der Waals surface area contributed by atoms with E-state index >= 15 is 0 Å². The number of methoxy groups -OCH3 is 1. The van der Waals surface area contributed by atoms with Crippen LogP contribution in [0.4, 0.5) is 30.6 Å². The number of likely N-dealkylation sites (N-methyl/N-ethyl adjacent to an activating group) is 1. The lowest BCUT2D eigenvalue weighted by Crippen LogP contribution is -2.54. The van der Waals surface area contributed by atoms with E-state index < -0.39 is 24.5 Å². The van der Waals surface area contributed by atoms with Gasteiger partial charge in [-0.1, -0.05) is 0 Å². The number of H-pyrrole nitrogens is 1. The van der Waals surface area contributed by atoms with Crippen LogP contribution >= 0.6 is 0 Å². The average molecular weight is 573 g/mol. The van der Waals surface area contributed by atoms with Crippen LogP contribution in [0.3, 0.4) is 0 Å². The van der Waals surface area contributed by atoms with Gasteiger partial charge < -0.3 is 25.3 Å². The number of fused-ring (bicyclic) bond motifs is 1. The summed E-state index contributed by atoms with van der Waals surface area (Å²) in [6, 6.07) is 0.390. The fourth-order valence-electron chi connectivity index (χ4n) is 4.89. The van der Waals surface area contributed by atoms with E-state index in [1.165, 1.54) is 13.3 Å². The number of rotatable bonds is 8. The van der Waals surface area contributed by atoms with Gasteiger partial charge in [-0.3, -0.25) is 14.4 Å². The molecule has 1 amide bonds. The lowest BCUT2D eigenvalue weighted by atomic mass is 10.1. The third-order valence-corrected chi connectivity index (χ3v) is 7.01. The van der Waals surface area contributed by atoms with Crippen molar-refractivity contribution in [2.75, 3.05) is 51.0 Å². The molecule has 4 aromatic heterocycles. The predicted octanol–water partition coefficient (Wildman–Crippen LogP) is 3.32. The lowest BCUT2D eigenvalue weighted by molar-refractivity contribution is -0.156. The highest BCUT2D eigenvalue weighted by molar-refractivity contribution is 6.05. The molecule has 41 heavy (non-hydrogen) atoms. The maximum atomic E-state index is 13.5. The van der Waals surface area contributed by atoms with Crippen molar-refractivity contribution in [2.24, 2.45) is 7.05 Å². The standard InChI is InChI=1S/C26H31F3N10O2/c1-15-12-32-25(33-18-14-38(3)36-24(18)41-4)34-20(15)17-13-31-21-16(17)5-6-30-22(21)35-23(40)19(11-26(27,28)29)39-9-7-37(2)8-10-39/h5-6,12-14,19,31H,7-11H2,1-4H3,(H,30,35,40)(H,32,33,34). The van der Waals surface area contributed by atoms with E-state index in [0.29, 0.717) is 65.9 Å². The number of aromatic amines is 1. The Morgan fingerprint density at radius 3 is 2.66 bits per heavy atom. The third-order valence-electron chi connectivity index (χ3n) is 7.01. The number of aromatic nitrogens is 6. The van der Waals surface area contributed by atoms with Crippen LogP contribution in [0.2, 0.25) is 0 Å². The molecule has 0 spiro atoms. The number of pyridine rings is 1. The van der Waals surface area contributed by atoms with E-state index in [0.717, 1.165) is 5.56 Å². The molecule has 5 heterocycles. The van der Waals surface area contributed by atoms with Crippen LogP contribution in [0.25, 0.3) is 22.2 Å². The summed E-state index contributed by atoms with van der Waals surface area (Å²) in [6.45, 7) is 3.76. The van der Waals surface area contributed by atoms with Crippen molar-refractivity contribution >= 4 is 34.3 Å². The number of anilines is 3. The minimum absolute atomic E-state index is 0.144. The lowest BCUT2D eigenvalue weighted by Gasteiger charge is -2.37. The second-order valence-electron chi connectivity index (χ2n) is 10.0. The van der Waals surface area contributed by atoms with Crippen LogP contribution < -0.4 is 15.4 Å². The van der Waals surface area contributed by atoms with Crippen molar-refractivity contribution in [3.05, 3.63) is 36.4 Å². The zero-order valence-electron chi connectivity index (χ0n) is 23.1. The van der Waals surface area contributed by atoms with Gasteiger partial charge in [0, 0.05) is 62.8 Å². The van der Waals surface area contributed by atoms with Crippen LogP contribution in [0, 0.1) is 6.92 Å². The Balaban J connectivity index is 1.43. The summed E-state index contributed by atoms with van der Waals surface area (Å²) in [5, 5.41) is 10.7. The van der Waals surface area contributed by atoms with Gasteiger partial charge in [0.1, 0.15) is 5.69 Å². The Morgan fingerprint density at radius 2 is 1.95 bits per heavy atom. The van der Waals surface area contributed by atoms with Crippen LogP contribution in [0.5, 0.6) is 5.88 Å². The molecule has 1 atom stereocenters. The summed E-state index contributed by atoms with van der Waals surface area (Å²) in [5.41, 5.74) is 3.18. The molecule has 0 saturated carbocycles. The molecule has 218 valence electrons. The molecule has 4 aromatic rings. The number of halogens is 3. The number of nitrogens with one attached hydrogen (secondary N) is 3. The SMILES string of the molecule is COc1nn(C)cc1Nc1ncc(C)c(-c2c[nH]c3c(NC(=O)C(CC(F)(F)F)N4CCN(C)CC4)nccc23)n1. The van der Waals surface area contributed by atoms with Crippen molar-refractivity contribution < 1.29 is 22.7 Å². The van der Waals surface area contributed by atoms with Crippen molar-refractivity contribution in [1.29, 1.82) is 0 Å². The van der Waals surface area contributed by atoms with E-state index in [2.05, 4.69) is 30.7 Å². The number of hydrogen-bond donors (Lipinski definition) is 3. The first-order valence-corrected chi connectivity index (χ1v) is 13.0. The van der Waals surface area contributed by atoms with Gasteiger partial charge in [0.15, 0.2) is 5.82 Å². The predicted molar refractivity (Wildman–Crippen MR) is 147 cm³/mol. The van der Waals surface area contributed by atoms with Gasteiger partial charge in [0.05, 0.1) is 37.0 Å². The van der Waals surface area contributed by atoms with E-state index in [9.17, 15) is 18.0 Å². The molecule has 5 rings (SSSR count). The van der Waals surface area contributed by atoms with Crippen molar-refractivity contribution in [1.82, 2.24) is 39.5 Å². The van der Waals surface area contributed by atoms with Gasteiger partial charge in [0.25, 0.3) is 5.88 Å². The smallest absolute Gasteiger partial charge is 0.391 e. The first kappa shape index (κ1) is 28.3. The first-order chi connectivity index (χ1) is 19.5. The fourth-order valence-corrected chi connectivity index (χ4v) is 4.89. The Hall–Kier alpha value is -4.24. The highest BCUT2D eigenvalue weighted by Crippen LogP contribution is 2.34. The topological polar surface area (TPSA) is 129 Å². The monoisotopic (exact) mass is 572 g/mol. The Bertz CT molecular complexity index is 1540. The molecule has 3 N–H and O–H groups in total. The van der Waals surface area contributed by atoms with Gasteiger partial charge >= 0.3 is 6.18 Å². The second kappa shape index (κ2) is 11.3. The van der Waals surface area contributed by atoms with Crippen LogP contribution in [0.1, 0.15) is 12.0 Å². The normalized spacial score (nSPS) is 15.7.